The Kier molecular flexibility index (Phi) is 6.77. The number of allylic oxidation sites excluding steroid dienone is 2. The first-order valence-corrected chi connectivity index (χ1v) is 12.3. The predicted octanol–water partition coefficient (Wildman–Crippen LogP) is 3.22. The van der Waals surface area contributed by atoms with Crippen LogP contribution in [0, 0.1) is 0 Å². The fraction of sp³-hybridized carbons (Fsp3) is 0.333. The highest BCUT2D eigenvalue weighted by molar-refractivity contribution is 5.77. The lowest BCUT2D eigenvalue weighted by molar-refractivity contribution is 0.0443. The first kappa shape index (κ1) is 24.7. The number of fused-ring (bicyclic) bond motifs is 6. The van der Waals surface area contributed by atoms with Gasteiger partial charge >= 0.3 is 0 Å². The van der Waals surface area contributed by atoms with Crippen LogP contribution in [0.1, 0.15) is 25.5 Å². The summed E-state index contributed by atoms with van der Waals surface area (Å²) >= 11 is 0. The van der Waals surface area contributed by atoms with Crippen molar-refractivity contribution < 1.29 is 9.84 Å². The van der Waals surface area contributed by atoms with Gasteiger partial charge in [-0.25, -0.2) is 19.3 Å². The average Bonchev–Trinajstić information content (AvgIpc) is 3.13. The lowest BCUT2D eigenvalue weighted by atomic mass is 9.95. The minimum absolute atomic E-state index is 0.208. The molecule has 1 atom stereocenters. The molecule has 0 fully saturated rings. The third-order valence-electron chi connectivity index (χ3n) is 6.32. The molecule has 0 aliphatic carbocycles. The molecule has 2 N–H and O–H groups in total. The Bertz CT molecular complexity index is 1500. The van der Waals surface area contributed by atoms with Crippen LogP contribution in [0.3, 0.4) is 0 Å². The molecule has 0 spiro atoms. The number of rotatable bonds is 6. The van der Waals surface area contributed by atoms with Gasteiger partial charge in [0.2, 0.25) is 5.95 Å². The Morgan fingerprint density at radius 2 is 2.00 bits per heavy atom. The SMILES string of the molecule is CN(C)CCOc1cccc(Nc2ncc3c(=O)n4n(c3n2)-c2cccc(n2)[C@](C)(O)CC/C=C\C4)c1. The minimum atomic E-state index is -1.10. The number of likely N-dealkylation sites (N-methyl/N-ethyl adjacent to an activating group) is 1. The molecule has 4 heterocycles. The fourth-order valence-electron chi connectivity index (χ4n) is 4.25. The number of hydrogen-bond donors (Lipinski definition) is 2. The van der Waals surface area contributed by atoms with Crippen LogP contribution in [0.4, 0.5) is 11.6 Å². The molecule has 5 rings (SSSR count). The van der Waals surface area contributed by atoms with E-state index < -0.39 is 5.60 Å². The van der Waals surface area contributed by atoms with Crippen molar-refractivity contribution in [2.24, 2.45) is 0 Å². The van der Waals surface area contributed by atoms with E-state index in [1.807, 2.05) is 56.6 Å². The maximum Gasteiger partial charge on any atom is 0.278 e. The minimum Gasteiger partial charge on any atom is -0.492 e. The number of ether oxygens (including phenoxy) is 1. The number of nitrogens with one attached hydrogen (secondary N) is 1. The van der Waals surface area contributed by atoms with E-state index in [9.17, 15) is 9.90 Å². The van der Waals surface area contributed by atoms with E-state index in [1.54, 1.807) is 28.4 Å². The van der Waals surface area contributed by atoms with Gasteiger partial charge in [0.25, 0.3) is 5.56 Å². The Labute approximate surface area is 214 Å². The van der Waals surface area contributed by atoms with Gasteiger partial charge in [-0.1, -0.05) is 24.3 Å². The van der Waals surface area contributed by atoms with E-state index >= 15 is 0 Å². The summed E-state index contributed by atoms with van der Waals surface area (Å²) in [5, 5.41) is 14.6. The van der Waals surface area contributed by atoms with E-state index in [1.165, 1.54) is 6.20 Å². The molecular weight excluding hydrogens is 470 g/mol. The smallest absolute Gasteiger partial charge is 0.278 e. The van der Waals surface area contributed by atoms with Crippen LogP contribution in [0.25, 0.3) is 16.9 Å². The van der Waals surface area contributed by atoms with Crippen molar-refractivity contribution in [3.8, 4) is 11.6 Å². The van der Waals surface area contributed by atoms with Gasteiger partial charge in [-0.2, -0.15) is 4.98 Å². The number of aromatic nitrogens is 5. The summed E-state index contributed by atoms with van der Waals surface area (Å²) in [6.45, 7) is 3.49. The highest BCUT2D eigenvalue weighted by Crippen LogP contribution is 2.27. The zero-order valence-electron chi connectivity index (χ0n) is 21.3. The summed E-state index contributed by atoms with van der Waals surface area (Å²) in [5.41, 5.74) is 0.429. The molecule has 3 aromatic heterocycles. The van der Waals surface area contributed by atoms with Gasteiger partial charge in [-0.05, 0) is 58.1 Å². The Morgan fingerprint density at radius 1 is 1.16 bits per heavy atom. The van der Waals surface area contributed by atoms with Crippen molar-refractivity contribution in [2.75, 3.05) is 32.6 Å². The molecule has 0 saturated carbocycles. The molecule has 37 heavy (non-hydrogen) atoms. The van der Waals surface area contributed by atoms with Crippen molar-refractivity contribution in [1.82, 2.24) is 29.2 Å². The molecular formula is C27H31N7O3. The number of benzene rings is 1. The topological polar surface area (TPSA) is 110 Å². The lowest BCUT2D eigenvalue weighted by Gasteiger charge is -2.22. The third kappa shape index (κ3) is 5.25. The second-order valence-electron chi connectivity index (χ2n) is 9.60. The number of pyridine rings is 1. The highest BCUT2D eigenvalue weighted by atomic mass is 16.5. The molecule has 0 unspecified atom stereocenters. The van der Waals surface area contributed by atoms with Gasteiger partial charge in [-0.3, -0.25) is 4.79 Å². The van der Waals surface area contributed by atoms with Crippen LogP contribution in [-0.2, 0) is 12.1 Å². The average molecular weight is 502 g/mol. The fourth-order valence-corrected chi connectivity index (χ4v) is 4.25. The molecule has 1 aromatic carbocycles. The normalized spacial score (nSPS) is 18.3. The molecule has 0 radical (unpaired) electrons. The largest absolute Gasteiger partial charge is 0.492 e. The maximum atomic E-state index is 13.3. The number of hydrogen-bond acceptors (Lipinski definition) is 8. The van der Waals surface area contributed by atoms with Crippen molar-refractivity contribution in [2.45, 2.75) is 31.9 Å². The summed E-state index contributed by atoms with van der Waals surface area (Å²) in [6, 6.07) is 13.0. The highest BCUT2D eigenvalue weighted by Gasteiger charge is 2.26. The summed E-state index contributed by atoms with van der Waals surface area (Å²) in [6.07, 6.45) is 6.63. The Hall–Kier alpha value is -4.02. The first-order chi connectivity index (χ1) is 17.8. The summed E-state index contributed by atoms with van der Waals surface area (Å²) < 4.78 is 9.12. The van der Waals surface area contributed by atoms with Crippen molar-refractivity contribution in [3.63, 3.8) is 0 Å². The summed E-state index contributed by atoms with van der Waals surface area (Å²) in [7, 11) is 4.00. The van der Waals surface area contributed by atoms with Crippen LogP contribution >= 0.6 is 0 Å². The monoisotopic (exact) mass is 501 g/mol. The molecule has 10 heteroatoms. The van der Waals surface area contributed by atoms with Crippen LogP contribution in [-0.4, -0.2) is 61.6 Å². The first-order valence-electron chi connectivity index (χ1n) is 12.3. The maximum absolute atomic E-state index is 13.3. The van der Waals surface area contributed by atoms with Gasteiger partial charge in [0, 0.05) is 24.5 Å². The van der Waals surface area contributed by atoms with Crippen molar-refractivity contribution in [3.05, 3.63) is 76.9 Å². The lowest BCUT2D eigenvalue weighted by Crippen LogP contribution is -2.24. The van der Waals surface area contributed by atoms with Gasteiger partial charge in [0.15, 0.2) is 11.5 Å². The number of aliphatic hydroxyl groups is 1. The van der Waals surface area contributed by atoms with E-state index in [0.717, 1.165) is 18.0 Å². The molecule has 192 valence electrons. The molecule has 1 aliphatic rings. The van der Waals surface area contributed by atoms with Gasteiger partial charge in [0.1, 0.15) is 23.3 Å². The molecule has 0 saturated heterocycles. The second kappa shape index (κ2) is 10.2. The van der Waals surface area contributed by atoms with E-state index in [0.29, 0.717) is 54.5 Å². The van der Waals surface area contributed by atoms with Crippen LogP contribution < -0.4 is 15.6 Å². The van der Waals surface area contributed by atoms with Gasteiger partial charge in [0.05, 0.1) is 12.2 Å². The number of anilines is 2. The molecule has 0 amide bonds. The second-order valence-corrected chi connectivity index (χ2v) is 9.60. The molecule has 10 nitrogen and oxygen atoms in total. The van der Waals surface area contributed by atoms with Crippen molar-refractivity contribution >= 4 is 22.7 Å². The van der Waals surface area contributed by atoms with Gasteiger partial charge in [-0.15, -0.1) is 0 Å². The van der Waals surface area contributed by atoms with Crippen LogP contribution in [0.15, 0.2) is 65.6 Å². The number of nitrogens with zero attached hydrogens (tertiary/aromatic N) is 6. The Balaban J connectivity index is 1.54. The summed E-state index contributed by atoms with van der Waals surface area (Å²) in [4.78, 5) is 29.2. The van der Waals surface area contributed by atoms with E-state index in [-0.39, 0.29) is 5.56 Å². The quantitative estimate of drug-likeness (QED) is 0.388. The zero-order valence-corrected chi connectivity index (χ0v) is 21.3. The van der Waals surface area contributed by atoms with Crippen LogP contribution in [0.5, 0.6) is 5.75 Å². The third-order valence-corrected chi connectivity index (χ3v) is 6.32. The van der Waals surface area contributed by atoms with E-state index in [4.69, 9.17) is 14.7 Å². The Morgan fingerprint density at radius 3 is 2.84 bits per heavy atom. The predicted molar refractivity (Wildman–Crippen MR) is 143 cm³/mol. The molecule has 1 aliphatic heterocycles. The van der Waals surface area contributed by atoms with Crippen LogP contribution in [0.2, 0.25) is 0 Å². The summed E-state index contributed by atoms with van der Waals surface area (Å²) in [5.74, 6) is 1.58. The van der Waals surface area contributed by atoms with Gasteiger partial charge < -0.3 is 20.1 Å². The van der Waals surface area contributed by atoms with Crippen molar-refractivity contribution in [1.29, 1.82) is 0 Å². The van der Waals surface area contributed by atoms with E-state index in [2.05, 4.69) is 15.2 Å². The molecule has 4 aromatic rings. The zero-order chi connectivity index (χ0) is 26.0. The molecule has 2 bridgehead atoms. The standard InChI is InChI=1S/C27H31N7O3/c1-27(36)13-5-4-6-14-33-25(35)21-18-28-26(31-24(21)34(33)23-12-8-11-22(27)30-23)29-19-9-7-10-20(17-19)37-16-15-32(2)3/h4,6-12,17-18,36H,5,13-16H2,1-3H3,(H,28,29,31)/b6-4-/t27-/m1/s1.